The van der Waals surface area contributed by atoms with Crippen molar-refractivity contribution < 1.29 is 4.79 Å². The van der Waals surface area contributed by atoms with Crippen molar-refractivity contribution in [2.24, 2.45) is 17.9 Å². The molecule has 7 nitrogen and oxygen atoms in total. The molecule has 3 N–H and O–H groups in total. The second-order valence-corrected chi connectivity index (χ2v) is 2.82. The average molecular weight is 196 g/mol. The van der Waals surface area contributed by atoms with Gasteiger partial charge in [-0.05, 0) is 13.8 Å². The Morgan fingerprint density at radius 2 is 2.29 bits per heavy atom. The molecule has 0 spiro atoms. The van der Waals surface area contributed by atoms with Crippen molar-refractivity contribution in [2.45, 2.75) is 13.8 Å². The van der Waals surface area contributed by atoms with Crippen LogP contribution in [0.15, 0.2) is 5.10 Å². The molecule has 0 saturated heterocycles. The molecule has 0 aliphatic carbocycles. The zero-order valence-electron chi connectivity index (χ0n) is 8.27. The SMILES string of the molecule is C/C(=N\NC(N)=O)c1nnn(C)c1C. The zero-order chi connectivity index (χ0) is 10.7. The maximum atomic E-state index is 10.4. The predicted molar refractivity (Wildman–Crippen MR) is 50.7 cm³/mol. The van der Waals surface area contributed by atoms with Crippen LogP contribution in [-0.4, -0.2) is 26.7 Å². The molecule has 0 aromatic carbocycles. The summed E-state index contributed by atoms with van der Waals surface area (Å²) in [6.45, 7) is 3.57. The Morgan fingerprint density at radius 1 is 1.64 bits per heavy atom. The van der Waals surface area contributed by atoms with Gasteiger partial charge in [0.15, 0.2) is 0 Å². The predicted octanol–water partition coefficient (Wildman–Crippen LogP) is -0.484. The summed E-state index contributed by atoms with van der Waals surface area (Å²) in [6.07, 6.45) is 0. The highest BCUT2D eigenvalue weighted by molar-refractivity contribution is 5.98. The molecule has 0 saturated carbocycles. The quantitative estimate of drug-likeness (QED) is 0.493. The monoisotopic (exact) mass is 196 g/mol. The summed E-state index contributed by atoms with van der Waals surface area (Å²) >= 11 is 0. The number of carbonyl (C=O) groups is 1. The lowest BCUT2D eigenvalue weighted by Gasteiger charge is -1.97. The maximum absolute atomic E-state index is 10.4. The molecule has 0 aliphatic heterocycles. The lowest BCUT2D eigenvalue weighted by atomic mass is 10.2. The minimum Gasteiger partial charge on any atom is -0.350 e. The largest absolute Gasteiger partial charge is 0.350 e. The van der Waals surface area contributed by atoms with Gasteiger partial charge in [-0.15, -0.1) is 5.10 Å². The third-order valence-electron chi connectivity index (χ3n) is 1.78. The summed E-state index contributed by atoms with van der Waals surface area (Å²) in [7, 11) is 1.78. The van der Waals surface area contributed by atoms with E-state index in [9.17, 15) is 4.79 Å². The molecule has 1 aromatic heterocycles. The van der Waals surface area contributed by atoms with E-state index in [1.54, 1.807) is 18.7 Å². The molecular formula is C7H12N6O. The van der Waals surface area contributed by atoms with Crippen LogP contribution in [0.1, 0.15) is 18.3 Å². The third-order valence-corrected chi connectivity index (χ3v) is 1.78. The average Bonchev–Trinajstić information content (AvgIpc) is 2.44. The normalized spacial score (nSPS) is 11.5. The highest BCUT2D eigenvalue weighted by atomic mass is 16.2. The van der Waals surface area contributed by atoms with E-state index in [-0.39, 0.29) is 0 Å². The van der Waals surface area contributed by atoms with Gasteiger partial charge in [0, 0.05) is 7.05 Å². The fourth-order valence-electron chi connectivity index (χ4n) is 0.931. The standard InChI is InChI=1S/C7H12N6O/c1-4(9-11-7(8)14)6-5(2)13(3)12-10-6/h1-3H3,(H3,8,11,14)/b9-4+. The highest BCUT2D eigenvalue weighted by Crippen LogP contribution is 2.02. The number of primary amides is 1. The minimum atomic E-state index is -0.703. The van der Waals surface area contributed by atoms with Gasteiger partial charge in [-0.3, -0.25) is 4.68 Å². The summed E-state index contributed by atoms with van der Waals surface area (Å²) < 4.78 is 1.62. The number of urea groups is 1. The van der Waals surface area contributed by atoms with Gasteiger partial charge in [-0.2, -0.15) is 5.10 Å². The summed E-state index contributed by atoms with van der Waals surface area (Å²) in [5.41, 5.74) is 9.07. The van der Waals surface area contributed by atoms with E-state index in [1.165, 1.54) is 0 Å². The molecule has 0 atom stereocenters. The minimum absolute atomic E-state index is 0.564. The fraction of sp³-hybridized carbons (Fsp3) is 0.429. The third kappa shape index (κ3) is 2.06. The first-order chi connectivity index (χ1) is 6.52. The molecule has 0 radical (unpaired) electrons. The number of hydrazone groups is 1. The van der Waals surface area contributed by atoms with Gasteiger partial charge in [-0.25, -0.2) is 10.2 Å². The Hall–Kier alpha value is -1.92. The topological polar surface area (TPSA) is 98.2 Å². The van der Waals surface area contributed by atoms with Crippen molar-refractivity contribution in [3.63, 3.8) is 0 Å². The van der Waals surface area contributed by atoms with Crippen LogP contribution >= 0.6 is 0 Å². The highest BCUT2D eigenvalue weighted by Gasteiger charge is 2.08. The first-order valence-electron chi connectivity index (χ1n) is 3.98. The van der Waals surface area contributed by atoms with Crippen molar-refractivity contribution in [3.05, 3.63) is 11.4 Å². The molecule has 76 valence electrons. The first-order valence-corrected chi connectivity index (χ1v) is 3.98. The van der Waals surface area contributed by atoms with Crippen LogP contribution < -0.4 is 11.2 Å². The van der Waals surface area contributed by atoms with Crippen LogP contribution in [0.2, 0.25) is 0 Å². The molecular weight excluding hydrogens is 184 g/mol. The lowest BCUT2D eigenvalue weighted by Crippen LogP contribution is -2.25. The number of amides is 2. The van der Waals surface area contributed by atoms with E-state index in [4.69, 9.17) is 5.73 Å². The fourth-order valence-corrected chi connectivity index (χ4v) is 0.931. The Labute approximate surface area is 81.0 Å². The molecule has 1 heterocycles. The zero-order valence-corrected chi connectivity index (χ0v) is 8.27. The number of aryl methyl sites for hydroxylation is 1. The van der Waals surface area contributed by atoms with Crippen molar-refractivity contribution in [1.82, 2.24) is 20.4 Å². The van der Waals surface area contributed by atoms with Crippen LogP contribution in [0, 0.1) is 6.92 Å². The van der Waals surface area contributed by atoms with E-state index >= 15 is 0 Å². The Morgan fingerprint density at radius 3 is 2.71 bits per heavy atom. The smallest absolute Gasteiger partial charge is 0.332 e. The van der Waals surface area contributed by atoms with Crippen molar-refractivity contribution in [2.75, 3.05) is 0 Å². The molecule has 0 fully saturated rings. The molecule has 0 aliphatic rings. The Bertz CT molecular complexity index is 380. The van der Waals surface area contributed by atoms with Crippen LogP contribution in [0.4, 0.5) is 4.79 Å². The number of hydrogen-bond donors (Lipinski definition) is 2. The van der Waals surface area contributed by atoms with E-state index in [0.29, 0.717) is 11.4 Å². The van der Waals surface area contributed by atoms with Gasteiger partial charge >= 0.3 is 6.03 Å². The number of aromatic nitrogens is 3. The Balaban J connectivity index is 2.89. The number of nitrogens with zero attached hydrogens (tertiary/aromatic N) is 4. The van der Waals surface area contributed by atoms with Gasteiger partial charge in [0.05, 0.1) is 11.4 Å². The molecule has 7 heteroatoms. The molecule has 14 heavy (non-hydrogen) atoms. The van der Waals surface area contributed by atoms with E-state index in [2.05, 4.69) is 20.8 Å². The molecule has 0 unspecified atom stereocenters. The van der Waals surface area contributed by atoms with Gasteiger partial charge in [0.1, 0.15) is 5.69 Å². The van der Waals surface area contributed by atoms with Crippen molar-refractivity contribution >= 4 is 11.7 Å². The molecule has 1 aromatic rings. The van der Waals surface area contributed by atoms with Gasteiger partial charge < -0.3 is 5.73 Å². The number of carbonyl (C=O) groups excluding carboxylic acids is 1. The van der Waals surface area contributed by atoms with Gasteiger partial charge in [0.2, 0.25) is 0 Å². The van der Waals surface area contributed by atoms with Gasteiger partial charge in [0.25, 0.3) is 0 Å². The van der Waals surface area contributed by atoms with Crippen LogP contribution in [0.3, 0.4) is 0 Å². The van der Waals surface area contributed by atoms with Crippen molar-refractivity contribution in [3.8, 4) is 0 Å². The summed E-state index contributed by atoms with van der Waals surface area (Å²) in [4.78, 5) is 10.4. The lowest BCUT2D eigenvalue weighted by molar-refractivity contribution is 0.249. The summed E-state index contributed by atoms with van der Waals surface area (Å²) in [5.74, 6) is 0. The van der Waals surface area contributed by atoms with Crippen LogP contribution in [0.5, 0.6) is 0 Å². The van der Waals surface area contributed by atoms with E-state index in [1.807, 2.05) is 6.92 Å². The van der Waals surface area contributed by atoms with Crippen molar-refractivity contribution in [1.29, 1.82) is 0 Å². The van der Waals surface area contributed by atoms with Crippen LogP contribution in [-0.2, 0) is 7.05 Å². The Kier molecular flexibility index (Phi) is 2.80. The molecule has 0 bridgehead atoms. The number of rotatable bonds is 2. The van der Waals surface area contributed by atoms with E-state index < -0.39 is 6.03 Å². The van der Waals surface area contributed by atoms with E-state index in [0.717, 1.165) is 5.69 Å². The summed E-state index contributed by atoms with van der Waals surface area (Å²) in [5, 5.41) is 11.4. The molecule has 1 rings (SSSR count). The maximum Gasteiger partial charge on any atom is 0.332 e. The number of nitrogens with two attached hydrogens (primary N) is 1. The first kappa shape index (κ1) is 10.2. The number of nitrogens with one attached hydrogen (secondary N) is 1. The number of hydrogen-bond acceptors (Lipinski definition) is 4. The second kappa shape index (κ2) is 3.86. The molecule has 2 amide bonds. The second-order valence-electron chi connectivity index (χ2n) is 2.82. The van der Waals surface area contributed by atoms with Crippen LogP contribution in [0.25, 0.3) is 0 Å². The van der Waals surface area contributed by atoms with Gasteiger partial charge in [-0.1, -0.05) is 5.21 Å². The summed E-state index contributed by atoms with van der Waals surface area (Å²) in [6, 6.07) is -0.703.